The fourth-order valence-electron chi connectivity index (χ4n) is 2.64. The van der Waals surface area contributed by atoms with Crippen LogP contribution in [0.5, 0.6) is 0 Å². The van der Waals surface area contributed by atoms with E-state index in [1.54, 1.807) is 18.3 Å². The molecule has 0 aliphatic rings. The Morgan fingerprint density at radius 2 is 1.86 bits per heavy atom. The number of rotatable bonds is 1. The number of fused-ring (bicyclic) bond motifs is 3. The van der Waals surface area contributed by atoms with Crippen LogP contribution in [0.15, 0.2) is 53.5 Å². The zero-order valence-electron chi connectivity index (χ0n) is 11.8. The Bertz CT molecular complexity index is 1060. The molecule has 108 valence electrons. The number of hydrogen-bond donors (Lipinski definition) is 1. The average molecular weight is 293 g/mol. The summed E-state index contributed by atoms with van der Waals surface area (Å²) in [5.41, 5.74) is 3.05. The second-order valence-electron chi connectivity index (χ2n) is 5.30. The monoisotopic (exact) mass is 293 g/mol. The van der Waals surface area contributed by atoms with E-state index in [0.717, 1.165) is 22.0 Å². The SMILES string of the molecule is Cc1ccc2ncc3c(=O)n(-c4ccc(F)cc4)[nH]c3c2c1. The van der Waals surface area contributed by atoms with Crippen LogP contribution in [-0.2, 0) is 0 Å². The third kappa shape index (κ3) is 1.83. The molecule has 1 N–H and O–H groups in total. The quantitative estimate of drug-likeness (QED) is 0.585. The molecular formula is C17H12FN3O. The summed E-state index contributed by atoms with van der Waals surface area (Å²) in [4.78, 5) is 16.9. The molecule has 4 aromatic rings. The van der Waals surface area contributed by atoms with Gasteiger partial charge in [-0.15, -0.1) is 0 Å². The standard InChI is InChI=1S/C17H12FN3O/c1-10-2-7-15-13(8-10)16-14(9-19-15)17(22)21(20-16)12-5-3-11(18)4-6-12/h2-9,20H,1H3. The molecule has 22 heavy (non-hydrogen) atoms. The van der Waals surface area contributed by atoms with Gasteiger partial charge in [0, 0.05) is 11.6 Å². The van der Waals surface area contributed by atoms with Gasteiger partial charge in [0.25, 0.3) is 5.56 Å². The molecule has 0 atom stereocenters. The molecular weight excluding hydrogens is 281 g/mol. The summed E-state index contributed by atoms with van der Waals surface area (Å²) < 4.78 is 14.5. The third-order valence-electron chi connectivity index (χ3n) is 3.77. The van der Waals surface area contributed by atoms with E-state index >= 15 is 0 Å². The first-order chi connectivity index (χ1) is 10.6. The van der Waals surface area contributed by atoms with Crippen molar-refractivity contribution in [2.45, 2.75) is 6.92 Å². The maximum absolute atomic E-state index is 13.1. The molecule has 2 aromatic heterocycles. The summed E-state index contributed by atoms with van der Waals surface area (Å²) in [6.45, 7) is 1.99. The highest BCUT2D eigenvalue weighted by molar-refractivity contribution is 6.02. The van der Waals surface area contributed by atoms with Crippen LogP contribution < -0.4 is 5.56 Å². The smallest absolute Gasteiger partial charge is 0.280 e. The van der Waals surface area contributed by atoms with Gasteiger partial charge in [0.2, 0.25) is 0 Å². The number of aryl methyl sites for hydroxylation is 1. The first-order valence-electron chi connectivity index (χ1n) is 6.89. The van der Waals surface area contributed by atoms with Gasteiger partial charge in [-0.1, -0.05) is 11.6 Å². The number of aromatic nitrogens is 3. The summed E-state index contributed by atoms with van der Waals surface area (Å²) >= 11 is 0. The molecule has 0 aliphatic carbocycles. The predicted octanol–water partition coefficient (Wildman–Crippen LogP) is 3.31. The predicted molar refractivity (Wildman–Crippen MR) is 83.9 cm³/mol. The zero-order valence-corrected chi connectivity index (χ0v) is 11.8. The van der Waals surface area contributed by atoms with Gasteiger partial charge in [-0.25, -0.2) is 9.07 Å². The lowest BCUT2D eigenvalue weighted by Crippen LogP contribution is -2.14. The van der Waals surface area contributed by atoms with Crippen LogP contribution in [-0.4, -0.2) is 14.8 Å². The van der Waals surface area contributed by atoms with Gasteiger partial charge in [-0.3, -0.25) is 14.9 Å². The van der Waals surface area contributed by atoms with Gasteiger partial charge in [0.15, 0.2) is 0 Å². The van der Waals surface area contributed by atoms with Crippen LogP contribution in [0, 0.1) is 12.7 Å². The van der Waals surface area contributed by atoms with Gasteiger partial charge < -0.3 is 0 Å². The van der Waals surface area contributed by atoms with Gasteiger partial charge in [0.1, 0.15) is 5.82 Å². The number of benzene rings is 2. The van der Waals surface area contributed by atoms with Gasteiger partial charge in [0.05, 0.1) is 22.1 Å². The van der Waals surface area contributed by atoms with Crippen LogP contribution in [0.25, 0.3) is 27.5 Å². The number of halogens is 1. The van der Waals surface area contributed by atoms with Crippen LogP contribution in [0.4, 0.5) is 4.39 Å². The van der Waals surface area contributed by atoms with Crippen LogP contribution in [0.1, 0.15) is 5.56 Å². The van der Waals surface area contributed by atoms with Crippen molar-refractivity contribution < 1.29 is 4.39 Å². The Labute approximate surface area is 124 Å². The molecule has 5 heteroatoms. The molecule has 2 aromatic carbocycles. The normalized spacial score (nSPS) is 11.4. The average Bonchev–Trinajstić information content (AvgIpc) is 2.86. The molecule has 2 heterocycles. The largest absolute Gasteiger partial charge is 0.290 e. The van der Waals surface area contributed by atoms with Crippen molar-refractivity contribution in [1.29, 1.82) is 0 Å². The molecule has 0 unspecified atom stereocenters. The number of pyridine rings is 1. The van der Waals surface area contributed by atoms with Gasteiger partial charge in [-0.05, 0) is 43.3 Å². The van der Waals surface area contributed by atoms with Crippen LogP contribution in [0.3, 0.4) is 0 Å². The number of aromatic amines is 1. The van der Waals surface area contributed by atoms with E-state index in [0.29, 0.717) is 11.1 Å². The van der Waals surface area contributed by atoms with Gasteiger partial charge in [-0.2, -0.15) is 0 Å². The van der Waals surface area contributed by atoms with Gasteiger partial charge >= 0.3 is 0 Å². The minimum absolute atomic E-state index is 0.197. The topological polar surface area (TPSA) is 50.7 Å². The molecule has 0 saturated heterocycles. The van der Waals surface area contributed by atoms with Crippen molar-refractivity contribution in [3.05, 3.63) is 70.4 Å². The van der Waals surface area contributed by atoms with Crippen molar-refractivity contribution in [3.63, 3.8) is 0 Å². The van der Waals surface area contributed by atoms with E-state index in [2.05, 4.69) is 10.1 Å². The van der Waals surface area contributed by atoms with Crippen molar-refractivity contribution in [1.82, 2.24) is 14.8 Å². The van der Waals surface area contributed by atoms with Crippen molar-refractivity contribution >= 4 is 21.8 Å². The Hall–Kier alpha value is -2.95. The lowest BCUT2D eigenvalue weighted by molar-refractivity contribution is 0.627. The second-order valence-corrected chi connectivity index (χ2v) is 5.30. The Morgan fingerprint density at radius 3 is 2.64 bits per heavy atom. The molecule has 0 spiro atoms. The van der Waals surface area contributed by atoms with Crippen LogP contribution >= 0.6 is 0 Å². The lowest BCUT2D eigenvalue weighted by Gasteiger charge is -2.01. The summed E-state index contributed by atoms with van der Waals surface area (Å²) in [7, 11) is 0. The fraction of sp³-hybridized carbons (Fsp3) is 0.0588. The molecule has 0 radical (unpaired) electrons. The summed E-state index contributed by atoms with van der Waals surface area (Å²) in [6, 6.07) is 11.7. The Kier molecular flexibility index (Phi) is 2.63. The summed E-state index contributed by atoms with van der Waals surface area (Å²) in [6.07, 6.45) is 1.58. The Morgan fingerprint density at radius 1 is 1.09 bits per heavy atom. The van der Waals surface area contributed by atoms with E-state index in [-0.39, 0.29) is 11.4 Å². The molecule has 0 amide bonds. The second kappa shape index (κ2) is 4.53. The first-order valence-corrected chi connectivity index (χ1v) is 6.89. The van der Waals surface area contributed by atoms with E-state index < -0.39 is 0 Å². The van der Waals surface area contributed by atoms with Crippen molar-refractivity contribution in [2.75, 3.05) is 0 Å². The maximum atomic E-state index is 13.1. The molecule has 0 bridgehead atoms. The van der Waals surface area contributed by atoms with E-state index in [9.17, 15) is 9.18 Å². The third-order valence-corrected chi connectivity index (χ3v) is 3.77. The zero-order chi connectivity index (χ0) is 15.3. The minimum atomic E-state index is -0.337. The highest BCUT2D eigenvalue weighted by atomic mass is 19.1. The van der Waals surface area contributed by atoms with E-state index in [1.807, 2.05) is 25.1 Å². The molecule has 4 rings (SSSR count). The molecule has 0 aliphatic heterocycles. The number of nitrogens with one attached hydrogen (secondary N) is 1. The summed E-state index contributed by atoms with van der Waals surface area (Å²) in [5.74, 6) is -0.337. The number of hydrogen-bond acceptors (Lipinski definition) is 2. The maximum Gasteiger partial charge on any atom is 0.280 e. The highest BCUT2D eigenvalue weighted by Crippen LogP contribution is 2.22. The van der Waals surface area contributed by atoms with Crippen LogP contribution in [0.2, 0.25) is 0 Å². The van der Waals surface area contributed by atoms with Crippen molar-refractivity contribution in [2.24, 2.45) is 0 Å². The number of nitrogens with zero attached hydrogens (tertiary/aromatic N) is 2. The summed E-state index contributed by atoms with van der Waals surface area (Å²) in [5, 5.41) is 4.53. The Balaban J connectivity index is 2.07. The lowest BCUT2D eigenvalue weighted by atomic mass is 10.1. The first kappa shape index (κ1) is 12.8. The van der Waals surface area contributed by atoms with E-state index in [1.165, 1.54) is 16.8 Å². The molecule has 4 nitrogen and oxygen atoms in total. The highest BCUT2D eigenvalue weighted by Gasteiger charge is 2.12. The minimum Gasteiger partial charge on any atom is -0.290 e. The molecule has 0 fully saturated rings. The fourth-order valence-corrected chi connectivity index (χ4v) is 2.64. The van der Waals surface area contributed by atoms with E-state index in [4.69, 9.17) is 0 Å². The number of H-pyrrole nitrogens is 1. The molecule has 0 saturated carbocycles. The van der Waals surface area contributed by atoms with Crippen molar-refractivity contribution in [3.8, 4) is 5.69 Å².